The van der Waals surface area contributed by atoms with Crippen molar-refractivity contribution < 1.29 is 0 Å². The van der Waals surface area contributed by atoms with Gasteiger partial charge in [-0.1, -0.05) is 6.42 Å². The van der Waals surface area contributed by atoms with E-state index in [9.17, 15) is 0 Å². The smallest absolute Gasteiger partial charge is 0.123 e. The van der Waals surface area contributed by atoms with E-state index >= 15 is 0 Å². The fourth-order valence-electron chi connectivity index (χ4n) is 3.73. The molecule has 0 radical (unpaired) electrons. The normalized spacial score (nSPS) is 19.9. The average molecular weight is 314 g/mol. The Balaban J connectivity index is 1.39. The van der Waals surface area contributed by atoms with Crippen LogP contribution in [0.25, 0.3) is 0 Å². The fraction of sp³-hybridized carbons (Fsp3) is 0.647. The first kappa shape index (κ1) is 14.9. The molecule has 0 unspecified atom stereocenters. The lowest BCUT2D eigenvalue weighted by atomic mass is 10.1. The first-order chi connectivity index (χ1) is 11.3. The quantitative estimate of drug-likeness (QED) is 0.860. The number of piperidine rings is 1. The molecule has 0 N–H and O–H groups in total. The summed E-state index contributed by atoms with van der Waals surface area (Å²) in [6, 6.07) is 0. The predicted octanol–water partition coefficient (Wildman–Crippen LogP) is 1.62. The molecule has 0 spiro atoms. The number of fused-ring (bicyclic) bond motifs is 1. The van der Waals surface area contributed by atoms with Gasteiger partial charge < -0.3 is 4.57 Å². The van der Waals surface area contributed by atoms with Crippen LogP contribution >= 0.6 is 0 Å². The highest BCUT2D eigenvalue weighted by molar-refractivity contribution is 5.08. The number of nitrogens with zero attached hydrogens (tertiary/aromatic N) is 6. The number of imidazole rings is 1. The van der Waals surface area contributed by atoms with E-state index in [-0.39, 0.29) is 0 Å². The summed E-state index contributed by atoms with van der Waals surface area (Å²) in [6.07, 6.45) is 10.4. The van der Waals surface area contributed by atoms with Gasteiger partial charge in [-0.05, 0) is 25.9 Å². The van der Waals surface area contributed by atoms with Crippen LogP contribution in [0.15, 0.2) is 18.6 Å². The van der Waals surface area contributed by atoms with Crippen LogP contribution in [0.2, 0.25) is 0 Å². The minimum Gasteiger partial charge on any atom is -0.332 e. The maximum absolute atomic E-state index is 4.90. The van der Waals surface area contributed by atoms with Gasteiger partial charge in [0, 0.05) is 51.2 Å². The van der Waals surface area contributed by atoms with Gasteiger partial charge in [-0.2, -0.15) is 5.10 Å². The van der Waals surface area contributed by atoms with Crippen molar-refractivity contribution >= 4 is 0 Å². The molecule has 4 heterocycles. The lowest BCUT2D eigenvalue weighted by Gasteiger charge is -2.26. The molecule has 6 nitrogen and oxygen atoms in total. The molecule has 0 bridgehead atoms. The summed E-state index contributed by atoms with van der Waals surface area (Å²) in [6.45, 7) is 7.51. The van der Waals surface area contributed by atoms with Crippen LogP contribution in [0.5, 0.6) is 0 Å². The molecule has 1 fully saturated rings. The van der Waals surface area contributed by atoms with E-state index in [1.165, 1.54) is 49.4 Å². The Bertz CT molecular complexity index is 652. The Morgan fingerprint density at radius 2 is 1.83 bits per heavy atom. The second-order valence-electron chi connectivity index (χ2n) is 6.91. The number of aryl methyl sites for hydroxylation is 1. The van der Waals surface area contributed by atoms with Gasteiger partial charge >= 0.3 is 0 Å². The molecule has 2 aromatic rings. The highest BCUT2D eigenvalue weighted by atomic mass is 15.3. The van der Waals surface area contributed by atoms with Crippen LogP contribution in [-0.4, -0.2) is 48.8 Å². The van der Waals surface area contributed by atoms with E-state index in [2.05, 4.69) is 31.9 Å². The van der Waals surface area contributed by atoms with Gasteiger partial charge in [0.25, 0.3) is 0 Å². The van der Waals surface area contributed by atoms with Crippen molar-refractivity contribution in [2.45, 2.75) is 45.4 Å². The molecule has 2 aliphatic heterocycles. The van der Waals surface area contributed by atoms with Gasteiger partial charge in [-0.3, -0.25) is 14.5 Å². The van der Waals surface area contributed by atoms with Crippen LogP contribution in [-0.2, 0) is 33.2 Å². The van der Waals surface area contributed by atoms with Crippen molar-refractivity contribution in [2.24, 2.45) is 7.05 Å². The Hall–Kier alpha value is -1.66. The van der Waals surface area contributed by atoms with Gasteiger partial charge in [-0.25, -0.2) is 4.98 Å². The third-order valence-electron chi connectivity index (χ3n) is 4.93. The highest BCUT2D eigenvalue weighted by Crippen LogP contribution is 2.17. The number of likely N-dealkylation sites (tertiary alicyclic amines) is 1. The summed E-state index contributed by atoms with van der Waals surface area (Å²) in [5, 5.41) is 4.26. The van der Waals surface area contributed by atoms with Crippen molar-refractivity contribution in [2.75, 3.05) is 19.6 Å². The third kappa shape index (κ3) is 3.48. The Morgan fingerprint density at radius 1 is 0.957 bits per heavy atom. The molecule has 0 aliphatic carbocycles. The zero-order valence-corrected chi connectivity index (χ0v) is 14.0. The lowest BCUT2D eigenvalue weighted by Crippen LogP contribution is -2.33. The lowest BCUT2D eigenvalue weighted by molar-refractivity contribution is 0.208. The Kier molecular flexibility index (Phi) is 4.18. The molecule has 1 saturated heterocycles. The number of rotatable bonds is 4. The van der Waals surface area contributed by atoms with Gasteiger partial charge in [0.1, 0.15) is 5.82 Å². The van der Waals surface area contributed by atoms with Gasteiger partial charge in [-0.15, -0.1) is 0 Å². The Labute approximate surface area is 137 Å². The van der Waals surface area contributed by atoms with Crippen LogP contribution < -0.4 is 0 Å². The van der Waals surface area contributed by atoms with Gasteiger partial charge in [0.2, 0.25) is 0 Å². The second kappa shape index (κ2) is 6.45. The first-order valence-corrected chi connectivity index (χ1v) is 8.73. The monoisotopic (exact) mass is 314 g/mol. The molecule has 6 heteroatoms. The van der Waals surface area contributed by atoms with E-state index in [4.69, 9.17) is 4.98 Å². The number of aromatic nitrogens is 4. The van der Waals surface area contributed by atoms with Crippen LogP contribution in [0, 0.1) is 0 Å². The molecule has 0 saturated carbocycles. The molecule has 0 aromatic carbocycles. The van der Waals surface area contributed by atoms with Crippen molar-refractivity contribution in [3.8, 4) is 0 Å². The van der Waals surface area contributed by atoms with Crippen LogP contribution in [0.1, 0.15) is 36.3 Å². The first-order valence-electron chi connectivity index (χ1n) is 8.73. The Morgan fingerprint density at radius 3 is 2.61 bits per heavy atom. The molecule has 0 amide bonds. The average Bonchev–Trinajstić information content (AvgIpc) is 3.13. The fourth-order valence-corrected chi connectivity index (χ4v) is 3.73. The molecule has 124 valence electrons. The van der Waals surface area contributed by atoms with Gasteiger partial charge in [0.15, 0.2) is 0 Å². The minimum atomic E-state index is 0.939. The molecule has 2 aromatic heterocycles. The van der Waals surface area contributed by atoms with E-state index in [1.54, 1.807) is 0 Å². The van der Waals surface area contributed by atoms with Crippen molar-refractivity contribution in [1.29, 1.82) is 0 Å². The van der Waals surface area contributed by atoms with E-state index in [0.29, 0.717) is 0 Å². The number of hydrogen-bond acceptors (Lipinski definition) is 4. The summed E-state index contributed by atoms with van der Waals surface area (Å²) in [5.74, 6) is 1.21. The van der Waals surface area contributed by atoms with Gasteiger partial charge in [0.05, 0.1) is 18.4 Å². The standard InChI is InChI=1S/C17H26N6/c1-20-10-15(9-18-20)11-22-7-8-23-13-16(19-17(23)14-22)12-21-5-3-2-4-6-21/h9-10,13H,2-8,11-12,14H2,1H3. The van der Waals surface area contributed by atoms with Crippen LogP contribution in [0.3, 0.4) is 0 Å². The topological polar surface area (TPSA) is 42.1 Å². The minimum absolute atomic E-state index is 0.939. The molecule has 2 aliphatic rings. The maximum atomic E-state index is 4.90. The predicted molar refractivity (Wildman–Crippen MR) is 88.7 cm³/mol. The maximum Gasteiger partial charge on any atom is 0.123 e. The molecule has 23 heavy (non-hydrogen) atoms. The van der Waals surface area contributed by atoms with E-state index < -0.39 is 0 Å². The molecule has 0 atom stereocenters. The highest BCUT2D eigenvalue weighted by Gasteiger charge is 2.20. The van der Waals surface area contributed by atoms with Crippen molar-refractivity contribution in [3.63, 3.8) is 0 Å². The summed E-state index contributed by atoms with van der Waals surface area (Å²) < 4.78 is 4.22. The molecule has 4 rings (SSSR count). The molecular weight excluding hydrogens is 288 g/mol. The van der Waals surface area contributed by atoms with Crippen molar-refractivity contribution in [1.82, 2.24) is 29.1 Å². The SMILES string of the molecule is Cn1cc(CN2CCn3cc(CN4CCCCC4)nc3C2)cn1. The largest absolute Gasteiger partial charge is 0.332 e. The van der Waals surface area contributed by atoms with E-state index in [1.807, 2.05) is 17.9 Å². The second-order valence-corrected chi connectivity index (χ2v) is 6.91. The summed E-state index contributed by atoms with van der Waals surface area (Å²) in [7, 11) is 1.97. The zero-order valence-electron chi connectivity index (χ0n) is 14.0. The zero-order chi connectivity index (χ0) is 15.6. The van der Waals surface area contributed by atoms with Crippen molar-refractivity contribution in [3.05, 3.63) is 35.7 Å². The van der Waals surface area contributed by atoms with E-state index in [0.717, 1.165) is 32.7 Å². The number of hydrogen-bond donors (Lipinski definition) is 0. The summed E-state index contributed by atoms with van der Waals surface area (Å²) >= 11 is 0. The molecular formula is C17H26N6. The third-order valence-corrected chi connectivity index (χ3v) is 4.93. The van der Waals surface area contributed by atoms with Crippen LogP contribution in [0.4, 0.5) is 0 Å². The summed E-state index contributed by atoms with van der Waals surface area (Å²) in [5.41, 5.74) is 2.52. The summed E-state index contributed by atoms with van der Waals surface area (Å²) in [4.78, 5) is 9.91.